The fourth-order valence-corrected chi connectivity index (χ4v) is 2.96. The van der Waals surface area contributed by atoms with Crippen LogP contribution in [-0.2, 0) is 4.79 Å². The fourth-order valence-electron chi connectivity index (χ4n) is 2.96. The van der Waals surface area contributed by atoms with E-state index in [9.17, 15) is 22.8 Å². The molecule has 0 saturated carbocycles. The largest absolute Gasteiger partial charge is 0.356 e. The van der Waals surface area contributed by atoms with Gasteiger partial charge in [-0.2, -0.15) is 0 Å². The standard InChI is InChI=1S/C18H24F3N3O2/c1-23(2)9-3-8-22-17(25)12-6-10-24(11-7-12)18(26)13-4-5-14(19)16(21)15(13)20/h4-5,12H,3,6-11H2,1-2H3,(H,22,25). The number of nitrogens with one attached hydrogen (secondary N) is 1. The van der Waals surface area contributed by atoms with Gasteiger partial charge < -0.3 is 15.1 Å². The van der Waals surface area contributed by atoms with Gasteiger partial charge in [-0.25, -0.2) is 13.2 Å². The van der Waals surface area contributed by atoms with E-state index in [-0.39, 0.29) is 24.9 Å². The lowest BCUT2D eigenvalue weighted by atomic mass is 9.95. The molecule has 1 N–H and O–H groups in total. The summed E-state index contributed by atoms with van der Waals surface area (Å²) >= 11 is 0. The molecule has 1 aliphatic rings. The molecule has 1 heterocycles. The second kappa shape index (κ2) is 9.02. The Kier molecular flexibility index (Phi) is 7.02. The summed E-state index contributed by atoms with van der Waals surface area (Å²) in [4.78, 5) is 27.9. The summed E-state index contributed by atoms with van der Waals surface area (Å²) in [7, 11) is 3.93. The Balaban J connectivity index is 1.85. The second-order valence-electron chi connectivity index (χ2n) is 6.74. The van der Waals surface area contributed by atoms with Crippen LogP contribution >= 0.6 is 0 Å². The van der Waals surface area contributed by atoms with Crippen LogP contribution in [0.5, 0.6) is 0 Å². The highest BCUT2D eigenvalue weighted by atomic mass is 19.2. The maximum atomic E-state index is 13.8. The number of rotatable bonds is 6. The minimum atomic E-state index is -1.65. The zero-order valence-corrected chi connectivity index (χ0v) is 15.0. The van der Waals surface area contributed by atoms with Gasteiger partial charge in [0.2, 0.25) is 5.91 Å². The van der Waals surface area contributed by atoms with Crippen molar-refractivity contribution in [2.24, 2.45) is 5.92 Å². The van der Waals surface area contributed by atoms with Crippen molar-refractivity contribution in [1.29, 1.82) is 0 Å². The van der Waals surface area contributed by atoms with Gasteiger partial charge in [-0.15, -0.1) is 0 Å². The second-order valence-corrected chi connectivity index (χ2v) is 6.74. The Labute approximate surface area is 151 Å². The zero-order chi connectivity index (χ0) is 19.3. The predicted molar refractivity (Wildman–Crippen MR) is 91.1 cm³/mol. The molecule has 8 heteroatoms. The van der Waals surface area contributed by atoms with E-state index in [4.69, 9.17) is 0 Å². The minimum absolute atomic E-state index is 0.0464. The van der Waals surface area contributed by atoms with Crippen LogP contribution in [0.25, 0.3) is 0 Å². The molecule has 144 valence electrons. The van der Waals surface area contributed by atoms with Crippen molar-refractivity contribution in [3.05, 3.63) is 35.1 Å². The van der Waals surface area contributed by atoms with Crippen LogP contribution in [0.15, 0.2) is 12.1 Å². The Morgan fingerprint density at radius 3 is 2.42 bits per heavy atom. The molecule has 0 bridgehead atoms. The number of benzene rings is 1. The molecule has 1 fully saturated rings. The van der Waals surface area contributed by atoms with Crippen molar-refractivity contribution in [3.8, 4) is 0 Å². The number of piperidine rings is 1. The van der Waals surface area contributed by atoms with Crippen molar-refractivity contribution in [2.45, 2.75) is 19.3 Å². The van der Waals surface area contributed by atoms with E-state index in [1.807, 2.05) is 19.0 Å². The lowest BCUT2D eigenvalue weighted by Crippen LogP contribution is -2.43. The van der Waals surface area contributed by atoms with Crippen molar-refractivity contribution in [3.63, 3.8) is 0 Å². The third-order valence-corrected chi connectivity index (χ3v) is 4.50. The van der Waals surface area contributed by atoms with Crippen molar-refractivity contribution >= 4 is 11.8 Å². The number of likely N-dealkylation sites (tertiary alicyclic amines) is 1. The molecule has 5 nitrogen and oxygen atoms in total. The SMILES string of the molecule is CN(C)CCCNC(=O)C1CCN(C(=O)c2ccc(F)c(F)c2F)CC1. The van der Waals surface area contributed by atoms with E-state index >= 15 is 0 Å². The maximum Gasteiger partial charge on any atom is 0.256 e. The van der Waals surface area contributed by atoms with E-state index in [0.29, 0.717) is 19.4 Å². The molecule has 2 amide bonds. The monoisotopic (exact) mass is 371 g/mol. The lowest BCUT2D eigenvalue weighted by Gasteiger charge is -2.31. The molecule has 1 saturated heterocycles. The number of halogens is 3. The van der Waals surface area contributed by atoms with Gasteiger partial charge in [0.25, 0.3) is 5.91 Å². The number of nitrogens with zero attached hydrogens (tertiary/aromatic N) is 2. The van der Waals surface area contributed by atoms with Gasteiger partial charge in [0, 0.05) is 25.6 Å². The molecule has 0 radical (unpaired) electrons. The summed E-state index contributed by atoms with van der Waals surface area (Å²) in [5, 5.41) is 2.89. The van der Waals surface area contributed by atoms with Gasteiger partial charge in [-0.1, -0.05) is 0 Å². The molecule has 0 aromatic heterocycles. The Morgan fingerprint density at radius 1 is 1.15 bits per heavy atom. The zero-order valence-electron chi connectivity index (χ0n) is 15.0. The van der Waals surface area contributed by atoms with Gasteiger partial charge in [-0.05, 0) is 52.0 Å². The first kappa shape index (κ1) is 20.2. The van der Waals surface area contributed by atoms with Crippen LogP contribution in [0, 0.1) is 23.4 Å². The summed E-state index contributed by atoms with van der Waals surface area (Å²) in [5.74, 6) is -5.39. The molecule has 0 unspecified atom stereocenters. The van der Waals surface area contributed by atoms with Crippen LogP contribution < -0.4 is 5.32 Å². The summed E-state index contributed by atoms with van der Waals surface area (Å²) in [6.07, 6.45) is 1.76. The average molecular weight is 371 g/mol. The highest BCUT2D eigenvalue weighted by Gasteiger charge is 2.29. The van der Waals surface area contributed by atoms with Gasteiger partial charge >= 0.3 is 0 Å². The fraction of sp³-hybridized carbons (Fsp3) is 0.556. The smallest absolute Gasteiger partial charge is 0.256 e. The summed E-state index contributed by atoms with van der Waals surface area (Å²) in [6.45, 7) is 2.02. The Morgan fingerprint density at radius 2 is 1.81 bits per heavy atom. The molecule has 26 heavy (non-hydrogen) atoms. The number of amides is 2. The lowest BCUT2D eigenvalue weighted by molar-refractivity contribution is -0.126. The Bertz CT molecular complexity index is 659. The van der Waals surface area contributed by atoms with Crippen LogP contribution in [0.1, 0.15) is 29.6 Å². The normalized spacial score (nSPS) is 15.4. The first-order valence-corrected chi connectivity index (χ1v) is 8.66. The van der Waals surface area contributed by atoms with Gasteiger partial charge in [-0.3, -0.25) is 9.59 Å². The van der Waals surface area contributed by atoms with Crippen molar-refractivity contribution < 1.29 is 22.8 Å². The van der Waals surface area contributed by atoms with Crippen LogP contribution in [0.4, 0.5) is 13.2 Å². The van der Waals surface area contributed by atoms with Gasteiger partial charge in [0.15, 0.2) is 17.5 Å². The first-order chi connectivity index (χ1) is 12.3. The molecule has 0 spiro atoms. The average Bonchev–Trinajstić information content (AvgIpc) is 2.62. The predicted octanol–water partition coefficient (Wildman–Crippen LogP) is 2.02. The van der Waals surface area contributed by atoms with E-state index in [1.54, 1.807) is 0 Å². The molecule has 1 aliphatic heterocycles. The number of hydrogen-bond acceptors (Lipinski definition) is 3. The first-order valence-electron chi connectivity index (χ1n) is 8.66. The van der Waals surface area contributed by atoms with Gasteiger partial charge in [0.1, 0.15) is 0 Å². The number of carbonyl (C=O) groups is 2. The van der Waals surface area contributed by atoms with Crippen LogP contribution in [-0.4, -0.2) is 61.9 Å². The van der Waals surface area contributed by atoms with E-state index in [0.717, 1.165) is 25.1 Å². The van der Waals surface area contributed by atoms with Crippen LogP contribution in [0.3, 0.4) is 0 Å². The van der Waals surface area contributed by atoms with Crippen molar-refractivity contribution in [2.75, 3.05) is 40.3 Å². The highest BCUT2D eigenvalue weighted by Crippen LogP contribution is 2.22. The van der Waals surface area contributed by atoms with E-state index < -0.39 is 28.9 Å². The summed E-state index contributed by atoms with van der Waals surface area (Å²) in [6, 6.07) is 1.68. The molecular formula is C18H24F3N3O2. The number of carbonyl (C=O) groups excluding carboxylic acids is 2. The molecule has 1 aromatic carbocycles. The quantitative estimate of drug-likeness (QED) is 0.615. The third-order valence-electron chi connectivity index (χ3n) is 4.50. The minimum Gasteiger partial charge on any atom is -0.356 e. The Hall–Kier alpha value is -2.09. The summed E-state index contributed by atoms with van der Waals surface area (Å²) in [5.41, 5.74) is -0.490. The van der Waals surface area contributed by atoms with Crippen molar-refractivity contribution in [1.82, 2.24) is 15.1 Å². The highest BCUT2D eigenvalue weighted by molar-refractivity contribution is 5.94. The van der Waals surface area contributed by atoms with E-state index in [1.165, 1.54) is 4.90 Å². The molecule has 2 rings (SSSR count). The molecule has 0 aliphatic carbocycles. The molecule has 0 atom stereocenters. The topological polar surface area (TPSA) is 52.7 Å². The molecular weight excluding hydrogens is 347 g/mol. The van der Waals surface area contributed by atoms with E-state index in [2.05, 4.69) is 5.32 Å². The summed E-state index contributed by atoms with van der Waals surface area (Å²) < 4.78 is 40.1. The van der Waals surface area contributed by atoms with Crippen LogP contribution in [0.2, 0.25) is 0 Å². The maximum absolute atomic E-state index is 13.8. The third kappa shape index (κ3) is 4.97. The molecule has 1 aromatic rings. The van der Waals surface area contributed by atoms with Gasteiger partial charge in [0.05, 0.1) is 5.56 Å². The number of hydrogen-bond donors (Lipinski definition) is 1.